The summed E-state index contributed by atoms with van der Waals surface area (Å²) in [5.41, 5.74) is 6.17. The zero-order chi connectivity index (χ0) is 25.4. The summed E-state index contributed by atoms with van der Waals surface area (Å²) in [4.78, 5) is 34.8. The molecule has 0 saturated carbocycles. The number of hydrogen-bond donors (Lipinski definition) is 1. The van der Waals surface area contributed by atoms with Crippen LogP contribution in [0.4, 0.5) is 0 Å². The van der Waals surface area contributed by atoms with Gasteiger partial charge in [-0.05, 0) is 51.0 Å². The first-order valence-electron chi connectivity index (χ1n) is 12.3. The van der Waals surface area contributed by atoms with Gasteiger partial charge in [-0.1, -0.05) is 42.5 Å². The third-order valence-electron chi connectivity index (χ3n) is 6.87. The summed E-state index contributed by atoms with van der Waals surface area (Å²) in [7, 11) is 0. The van der Waals surface area contributed by atoms with Crippen LogP contribution in [0.25, 0.3) is 21.9 Å². The Hall–Kier alpha value is -4.13. The molecule has 0 aliphatic rings. The number of imidazole rings is 1. The average molecular weight is 483 g/mol. The summed E-state index contributed by atoms with van der Waals surface area (Å²) in [6.45, 7) is 8.09. The quantitative estimate of drug-likeness (QED) is 0.313. The van der Waals surface area contributed by atoms with Gasteiger partial charge < -0.3 is 9.72 Å². The number of pyridine rings is 1. The predicted molar refractivity (Wildman–Crippen MR) is 141 cm³/mol. The number of carbonyl (C=O) groups is 1. The minimum absolute atomic E-state index is 0.0544. The van der Waals surface area contributed by atoms with E-state index in [2.05, 4.69) is 23.0 Å². The third-order valence-corrected chi connectivity index (χ3v) is 6.87. The van der Waals surface area contributed by atoms with Gasteiger partial charge in [0, 0.05) is 28.4 Å². The Labute approximate surface area is 209 Å². The van der Waals surface area contributed by atoms with E-state index in [1.165, 1.54) is 0 Å². The van der Waals surface area contributed by atoms with E-state index in [9.17, 15) is 9.59 Å². The number of H-pyrrole nitrogens is 1. The van der Waals surface area contributed by atoms with Crippen LogP contribution in [0.5, 0.6) is 0 Å². The molecule has 5 rings (SSSR count). The highest BCUT2D eigenvalue weighted by Crippen LogP contribution is 2.32. The monoisotopic (exact) mass is 482 g/mol. The molecule has 0 spiro atoms. The number of fused-ring (bicyclic) bond motifs is 2. The van der Waals surface area contributed by atoms with Crippen LogP contribution in [0.2, 0.25) is 0 Å². The first-order valence-corrected chi connectivity index (χ1v) is 12.3. The zero-order valence-corrected chi connectivity index (χ0v) is 21.0. The van der Waals surface area contributed by atoms with Crippen LogP contribution in [0.1, 0.15) is 54.7 Å². The standard InChI is InChI=1S/C29H30N4O3/c1-5-36-27(34)15-24(21-11-7-6-8-12-21)33-25-14-19(3)30-17-26(25)32(29(33)35)20(4)22-16-31-23-13-9-10-18(2)28(22)23/h6-14,16-17,20,24,31H,5,15H2,1-4H3. The van der Waals surface area contributed by atoms with Crippen molar-refractivity contribution >= 4 is 27.9 Å². The summed E-state index contributed by atoms with van der Waals surface area (Å²) < 4.78 is 8.81. The number of esters is 1. The molecule has 3 aromatic heterocycles. The van der Waals surface area contributed by atoms with E-state index >= 15 is 0 Å². The van der Waals surface area contributed by atoms with E-state index in [0.29, 0.717) is 0 Å². The summed E-state index contributed by atoms with van der Waals surface area (Å²) in [6, 6.07) is 16.9. The minimum atomic E-state index is -0.514. The highest BCUT2D eigenvalue weighted by Gasteiger charge is 2.28. The van der Waals surface area contributed by atoms with Gasteiger partial charge in [-0.25, -0.2) is 4.79 Å². The van der Waals surface area contributed by atoms with E-state index < -0.39 is 6.04 Å². The molecule has 0 fully saturated rings. The van der Waals surface area contributed by atoms with Gasteiger partial charge in [0.05, 0.1) is 42.3 Å². The smallest absolute Gasteiger partial charge is 0.330 e. The Bertz CT molecular complexity index is 1610. The van der Waals surface area contributed by atoms with Crippen LogP contribution in [0.3, 0.4) is 0 Å². The van der Waals surface area contributed by atoms with E-state index in [-0.39, 0.29) is 30.7 Å². The molecule has 5 aromatic rings. The Morgan fingerprint density at radius 1 is 1.06 bits per heavy atom. The number of nitrogens with one attached hydrogen (secondary N) is 1. The van der Waals surface area contributed by atoms with Crippen molar-refractivity contribution in [3.05, 3.63) is 99.9 Å². The first kappa shape index (κ1) is 23.6. The lowest BCUT2D eigenvalue weighted by molar-refractivity contribution is -0.143. The van der Waals surface area contributed by atoms with Crippen molar-refractivity contribution in [3.63, 3.8) is 0 Å². The summed E-state index contributed by atoms with van der Waals surface area (Å²) >= 11 is 0. The van der Waals surface area contributed by atoms with Crippen molar-refractivity contribution in [3.8, 4) is 0 Å². The maximum absolute atomic E-state index is 14.2. The van der Waals surface area contributed by atoms with Crippen molar-refractivity contribution in [1.29, 1.82) is 0 Å². The Balaban J connectivity index is 1.75. The van der Waals surface area contributed by atoms with Crippen LogP contribution in [0.15, 0.2) is 71.8 Å². The second-order valence-corrected chi connectivity index (χ2v) is 9.19. The Morgan fingerprint density at radius 2 is 1.83 bits per heavy atom. The van der Waals surface area contributed by atoms with E-state index in [4.69, 9.17) is 4.74 Å². The van der Waals surface area contributed by atoms with E-state index in [1.807, 2.05) is 68.6 Å². The molecule has 184 valence electrons. The topological polar surface area (TPSA) is 81.9 Å². The van der Waals surface area contributed by atoms with Crippen LogP contribution < -0.4 is 5.69 Å². The van der Waals surface area contributed by atoms with Crippen molar-refractivity contribution in [1.82, 2.24) is 19.1 Å². The lowest BCUT2D eigenvalue weighted by Gasteiger charge is -2.19. The largest absolute Gasteiger partial charge is 0.466 e. The fourth-order valence-electron chi connectivity index (χ4n) is 5.19. The van der Waals surface area contributed by atoms with Gasteiger partial charge in [-0.3, -0.25) is 18.9 Å². The third kappa shape index (κ3) is 4.00. The van der Waals surface area contributed by atoms with Gasteiger partial charge in [-0.15, -0.1) is 0 Å². The van der Waals surface area contributed by atoms with Crippen LogP contribution in [-0.4, -0.2) is 31.7 Å². The second kappa shape index (κ2) is 9.49. The summed E-state index contributed by atoms with van der Waals surface area (Å²) in [5, 5.41) is 1.11. The number of benzene rings is 2. The van der Waals surface area contributed by atoms with Crippen LogP contribution in [-0.2, 0) is 9.53 Å². The number of ether oxygens (including phenoxy) is 1. The number of aryl methyl sites for hydroxylation is 2. The highest BCUT2D eigenvalue weighted by molar-refractivity contribution is 5.87. The number of rotatable bonds is 7. The lowest BCUT2D eigenvalue weighted by Crippen LogP contribution is -2.31. The fourth-order valence-corrected chi connectivity index (χ4v) is 5.19. The molecule has 0 radical (unpaired) electrons. The fraction of sp³-hybridized carbons (Fsp3) is 0.276. The number of aromatic nitrogens is 4. The molecular weight excluding hydrogens is 452 g/mol. The second-order valence-electron chi connectivity index (χ2n) is 9.19. The summed E-state index contributed by atoms with van der Waals surface area (Å²) in [6.07, 6.45) is 3.79. The SMILES string of the molecule is CCOC(=O)CC(c1ccccc1)n1c(=O)n(C(C)c2c[nH]c3cccc(C)c23)c2cnc(C)cc21. The number of hydrogen-bond acceptors (Lipinski definition) is 4. The van der Waals surface area contributed by atoms with Crippen LogP contribution >= 0.6 is 0 Å². The average Bonchev–Trinajstić information content (AvgIpc) is 3.42. The van der Waals surface area contributed by atoms with Crippen molar-refractivity contribution in [2.75, 3.05) is 6.61 Å². The minimum Gasteiger partial charge on any atom is -0.466 e. The first-order chi connectivity index (χ1) is 17.4. The predicted octanol–water partition coefficient (Wildman–Crippen LogP) is 5.45. The molecular formula is C29H30N4O3. The normalized spacial score (nSPS) is 13.2. The molecule has 3 heterocycles. The molecule has 2 aromatic carbocycles. The maximum Gasteiger partial charge on any atom is 0.330 e. The maximum atomic E-state index is 14.2. The van der Waals surface area contributed by atoms with E-state index in [0.717, 1.165) is 44.3 Å². The Morgan fingerprint density at radius 3 is 2.58 bits per heavy atom. The van der Waals surface area contributed by atoms with Gasteiger partial charge in [0.15, 0.2) is 0 Å². The zero-order valence-electron chi connectivity index (χ0n) is 21.0. The molecule has 0 aliphatic heterocycles. The molecule has 0 saturated heterocycles. The summed E-state index contributed by atoms with van der Waals surface area (Å²) in [5.74, 6) is -0.342. The number of nitrogens with zero attached hydrogens (tertiary/aromatic N) is 3. The lowest BCUT2D eigenvalue weighted by atomic mass is 10.0. The molecule has 7 heteroatoms. The van der Waals surface area contributed by atoms with Gasteiger partial charge >= 0.3 is 11.7 Å². The molecule has 36 heavy (non-hydrogen) atoms. The van der Waals surface area contributed by atoms with Gasteiger partial charge in [0.2, 0.25) is 0 Å². The molecule has 1 N–H and O–H groups in total. The van der Waals surface area contributed by atoms with Crippen molar-refractivity contribution in [2.24, 2.45) is 0 Å². The molecule has 0 aliphatic carbocycles. The number of aromatic amines is 1. The van der Waals surface area contributed by atoms with Crippen molar-refractivity contribution in [2.45, 2.75) is 46.2 Å². The number of carbonyl (C=O) groups excluding carboxylic acids is 1. The highest BCUT2D eigenvalue weighted by atomic mass is 16.5. The van der Waals surface area contributed by atoms with Gasteiger partial charge in [-0.2, -0.15) is 0 Å². The van der Waals surface area contributed by atoms with E-state index in [1.54, 1.807) is 22.3 Å². The van der Waals surface area contributed by atoms with Gasteiger partial charge in [0.1, 0.15) is 0 Å². The molecule has 0 amide bonds. The molecule has 2 unspecified atom stereocenters. The molecule has 0 bridgehead atoms. The molecule has 7 nitrogen and oxygen atoms in total. The van der Waals surface area contributed by atoms with Crippen molar-refractivity contribution < 1.29 is 9.53 Å². The molecule has 2 atom stereocenters. The Kier molecular flexibility index (Phi) is 6.22. The van der Waals surface area contributed by atoms with Gasteiger partial charge in [0.25, 0.3) is 0 Å². The van der Waals surface area contributed by atoms with Crippen LogP contribution in [0, 0.1) is 13.8 Å².